The number of nitrogens with one attached hydrogen (secondary N) is 1. The predicted molar refractivity (Wildman–Crippen MR) is 76.5 cm³/mol. The number of hydrogen-bond acceptors (Lipinski definition) is 3. The maximum absolute atomic E-state index is 11.6. The van der Waals surface area contributed by atoms with Gasteiger partial charge in [-0.2, -0.15) is 0 Å². The molecule has 2 rings (SSSR count). The van der Waals surface area contributed by atoms with E-state index in [4.69, 9.17) is 5.11 Å². The molecule has 1 heterocycles. The van der Waals surface area contributed by atoms with Gasteiger partial charge in [0.05, 0.1) is 15.7 Å². The zero-order valence-electron chi connectivity index (χ0n) is 9.59. The Labute approximate surface area is 120 Å². The number of aromatic carboxylic acids is 1. The number of carboxylic acid groups (broad SMARTS) is 1. The number of halogens is 1. The minimum Gasteiger partial charge on any atom is -0.478 e. The van der Waals surface area contributed by atoms with Crippen LogP contribution in [0.15, 0.2) is 40.1 Å². The summed E-state index contributed by atoms with van der Waals surface area (Å²) in [6, 6.07) is 6.21. The van der Waals surface area contributed by atoms with Crippen molar-refractivity contribution in [1.82, 2.24) is 9.55 Å². The predicted octanol–water partition coefficient (Wildman–Crippen LogP) is 0.888. The van der Waals surface area contributed by atoms with Crippen LogP contribution >= 0.6 is 22.6 Å². The molecule has 0 saturated carbocycles. The SMILES string of the molecule is O=C(O)c1ccc(Cn2cc(I)c(=O)[nH]c2=O)cc1. The Morgan fingerprint density at radius 2 is 1.89 bits per heavy atom. The molecule has 0 amide bonds. The number of H-pyrrole nitrogens is 1. The lowest BCUT2D eigenvalue weighted by Gasteiger charge is -2.06. The molecule has 0 fully saturated rings. The van der Waals surface area contributed by atoms with E-state index in [0.29, 0.717) is 3.57 Å². The molecule has 0 radical (unpaired) electrons. The van der Waals surface area contributed by atoms with Crippen molar-refractivity contribution in [2.75, 3.05) is 0 Å². The molecular weight excluding hydrogens is 363 g/mol. The first kappa shape index (κ1) is 13.5. The van der Waals surface area contributed by atoms with Crippen LogP contribution in [0, 0.1) is 3.57 Å². The summed E-state index contributed by atoms with van der Waals surface area (Å²) in [5.41, 5.74) is 0.0536. The van der Waals surface area contributed by atoms with Crippen molar-refractivity contribution in [3.63, 3.8) is 0 Å². The van der Waals surface area contributed by atoms with Gasteiger partial charge in [-0.3, -0.25) is 14.3 Å². The topological polar surface area (TPSA) is 92.2 Å². The maximum Gasteiger partial charge on any atom is 0.335 e. The quantitative estimate of drug-likeness (QED) is 0.783. The lowest BCUT2D eigenvalue weighted by Crippen LogP contribution is -2.31. The van der Waals surface area contributed by atoms with Crippen LogP contribution in [0.4, 0.5) is 0 Å². The summed E-state index contributed by atoms with van der Waals surface area (Å²) in [5.74, 6) is -0.998. The van der Waals surface area contributed by atoms with Crippen LogP contribution in [0.25, 0.3) is 0 Å². The zero-order chi connectivity index (χ0) is 14.0. The van der Waals surface area contributed by atoms with Crippen LogP contribution in [-0.2, 0) is 6.54 Å². The molecule has 7 heteroatoms. The first-order chi connectivity index (χ1) is 8.97. The normalized spacial score (nSPS) is 10.4. The molecule has 1 aromatic heterocycles. The second kappa shape index (κ2) is 5.39. The third kappa shape index (κ3) is 3.11. The van der Waals surface area contributed by atoms with Gasteiger partial charge in [0.15, 0.2) is 0 Å². The van der Waals surface area contributed by atoms with Crippen LogP contribution in [0.5, 0.6) is 0 Å². The Balaban J connectivity index is 2.31. The van der Waals surface area contributed by atoms with Crippen LogP contribution in [0.1, 0.15) is 15.9 Å². The molecule has 1 aromatic carbocycles. The van der Waals surface area contributed by atoms with E-state index in [-0.39, 0.29) is 12.1 Å². The highest BCUT2D eigenvalue weighted by atomic mass is 127. The number of hydrogen-bond donors (Lipinski definition) is 2. The minimum atomic E-state index is -0.998. The van der Waals surface area contributed by atoms with Gasteiger partial charge in [0.2, 0.25) is 0 Å². The minimum absolute atomic E-state index is 0.187. The lowest BCUT2D eigenvalue weighted by molar-refractivity contribution is 0.0697. The van der Waals surface area contributed by atoms with Crippen molar-refractivity contribution in [3.05, 3.63) is 66.0 Å². The number of carbonyl (C=O) groups is 1. The molecule has 0 saturated heterocycles. The maximum atomic E-state index is 11.6. The van der Waals surface area contributed by atoms with Gasteiger partial charge < -0.3 is 5.11 Å². The van der Waals surface area contributed by atoms with Gasteiger partial charge in [-0.15, -0.1) is 0 Å². The second-order valence-corrected chi connectivity index (χ2v) is 5.03. The zero-order valence-corrected chi connectivity index (χ0v) is 11.7. The average Bonchev–Trinajstić information content (AvgIpc) is 2.36. The van der Waals surface area contributed by atoms with Crippen LogP contribution in [0.2, 0.25) is 0 Å². The van der Waals surface area contributed by atoms with Gasteiger partial charge in [0.25, 0.3) is 5.56 Å². The van der Waals surface area contributed by atoms with E-state index in [2.05, 4.69) is 4.98 Å². The summed E-state index contributed by atoms with van der Waals surface area (Å²) in [4.78, 5) is 35.7. The van der Waals surface area contributed by atoms with Crippen molar-refractivity contribution >= 4 is 28.6 Å². The Hall–Kier alpha value is -1.90. The van der Waals surface area contributed by atoms with Crippen molar-refractivity contribution in [2.45, 2.75) is 6.54 Å². The number of benzene rings is 1. The third-order valence-electron chi connectivity index (χ3n) is 2.52. The number of nitrogens with zero attached hydrogens (tertiary/aromatic N) is 1. The molecule has 19 heavy (non-hydrogen) atoms. The first-order valence-corrected chi connectivity index (χ1v) is 6.37. The monoisotopic (exact) mass is 372 g/mol. The molecule has 0 aliphatic carbocycles. The van der Waals surface area contributed by atoms with Crippen molar-refractivity contribution < 1.29 is 9.90 Å². The molecule has 0 atom stereocenters. The third-order valence-corrected chi connectivity index (χ3v) is 3.29. The number of aromatic nitrogens is 2. The largest absolute Gasteiger partial charge is 0.478 e. The molecule has 0 bridgehead atoms. The van der Waals surface area contributed by atoms with Crippen LogP contribution in [0.3, 0.4) is 0 Å². The number of rotatable bonds is 3. The van der Waals surface area contributed by atoms with Crippen molar-refractivity contribution in [3.8, 4) is 0 Å². The molecule has 6 nitrogen and oxygen atoms in total. The van der Waals surface area contributed by atoms with Crippen LogP contribution in [-0.4, -0.2) is 20.6 Å². The Bertz CT molecular complexity index is 731. The molecule has 0 spiro atoms. The van der Waals surface area contributed by atoms with Gasteiger partial charge in [-0.25, -0.2) is 9.59 Å². The molecule has 0 aliphatic rings. The van der Waals surface area contributed by atoms with E-state index >= 15 is 0 Å². The standard InChI is InChI=1S/C12H9IN2O4/c13-9-6-15(12(19)14-10(9)16)5-7-1-3-8(4-2-7)11(17)18/h1-4,6H,5H2,(H,17,18)(H,14,16,19). The molecular formula is C12H9IN2O4. The van der Waals surface area contributed by atoms with E-state index in [1.54, 1.807) is 12.1 Å². The summed E-state index contributed by atoms with van der Waals surface area (Å²) < 4.78 is 1.78. The van der Waals surface area contributed by atoms with E-state index in [1.165, 1.54) is 22.9 Å². The van der Waals surface area contributed by atoms with Gasteiger partial charge in [-0.1, -0.05) is 12.1 Å². The Kier molecular flexibility index (Phi) is 3.84. The molecule has 2 N–H and O–H groups in total. The van der Waals surface area contributed by atoms with Crippen molar-refractivity contribution in [1.29, 1.82) is 0 Å². The average molecular weight is 372 g/mol. The lowest BCUT2D eigenvalue weighted by atomic mass is 10.1. The highest BCUT2D eigenvalue weighted by molar-refractivity contribution is 14.1. The summed E-state index contributed by atoms with van der Waals surface area (Å²) in [6.07, 6.45) is 1.47. The highest BCUT2D eigenvalue weighted by Gasteiger charge is 2.05. The van der Waals surface area contributed by atoms with E-state index in [0.717, 1.165) is 5.56 Å². The molecule has 0 unspecified atom stereocenters. The Morgan fingerprint density at radius 1 is 1.26 bits per heavy atom. The fourth-order valence-electron chi connectivity index (χ4n) is 1.55. The fraction of sp³-hybridized carbons (Fsp3) is 0.0833. The van der Waals surface area contributed by atoms with E-state index in [9.17, 15) is 14.4 Å². The number of carboxylic acids is 1. The van der Waals surface area contributed by atoms with Gasteiger partial charge in [0, 0.05) is 6.20 Å². The van der Waals surface area contributed by atoms with E-state index in [1.807, 2.05) is 22.6 Å². The number of aromatic amines is 1. The summed E-state index contributed by atoms with van der Waals surface area (Å²) >= 11 is 1.84. The van der Waals surface area contributed by atoms with Crippen molar-refractivity contribution in [2.24, 2.45) is 0 Å². The Morgan fingerprint density at radius 3 is 2.47 bits per heavy atom. The molecule has 98 valence electrons. The molecule has 2 aromatic rings. The molecule has 0 aliphatic heterocycles. The summed E-state index contributed by atoms with van der Waals surface area (Å²) in [7, 11) is 0. The van der Waals surface area contributed by atoms with Gasteiger partial charge in [-0.05, 0) is 40.3 Å². The van der Waals surface area contributed by atoms with E-state index < -0.39 is 17.2 Å². The second-order valence-electron chi connectivity index (χ2n) is 3.87. The first-order valence-electron chi connectivity index (χ1n) is 5.29. The highest BCUT2D eigenvalue weighted by Crippen LogP contribution is 2.06. The van der Waals surface area contributed by atoms with Gasteiger partial charge in [0.1, 0.15) is 0 Å². The van der Waals surface area contributed by atoms with Crippen LogP contribution < -0.4 is 11.2 Å². The van der Waals surface area contributed by atoms with Gasteiger partial charge >= 0.3 is 11.7 Å². The summed E-state index contributed by atoms with van der Waals surface area (Å²) in [5, 5.41) is 8.78. The fourth-order valence-corrected chi connectivity index (χ4v) is 2.02. The summed E-state index contributed by atoms with van der Waals surface area (Å²) in [6.45, 7) is 0.269. The smallest absolute Gasteiger partial charge is 0.335 e.